The van der Waals surface area contributed by atoms with Crippen LogP contribution in [0.25, 0.3) is 0 Å². The number of benzene rings is 2. The van der Waals surface area contributed by atoms with Crippen LogP contribution < -0.4 is 4.74 Å². The lowest BCUT2D eigenvalue weighted by Gasteiger charge is -2.27. The molecule has 26 heavy (non-hydrogen) atoms. The molecule has 2 aromatic carbocycles. The number of carbonyl (C=O) groups excluding carboxylic acids is 1. The van der Waals surface area contributed by atoms with E-state index in [-0.39, 0.29) is 12.5 Å². The fourth-order valence-corrected chi connectivity index (χ4v) is 3.45. The third-order valence-electron chi connectivity index (χ3n) is 4.77. The van der Waals surface area contributed by atoms with Crippen LogP contribution >= 0.6 is 11.6 Å². The lowest BCUT2D eigenvalue weighted by atomic mass is 9.96. The molecule has 1 unspecified atom stereocenters. The van der Waals surface area contributed by atoms with Crippen LogP contribution in [0.15, 0.2) is 54.6 Å². The van der Waals surface area contributed by atoms with Crippen LogP contribution in [-0.4, -0.2) is 41.2 Å². The number of likely N-dealkylation sites (tertiary alicyclic amines) is 1. The molecule has 1 aliphatic rings. The van der Waals surface area contributed by atoms with Crippen molar-refractivity contribution in [1.82, 2.24) is 4.90 Å². The summed E-state index contributed by atoms with van der Waals surface area (Å²) in [4.78, 5) is 14.4. The number of para-hydroxylation sites is 1. The van der Waals surface area contributed by atoms with Gasteiger partial charge in [0.25, 0.3) is 0 Å². The van der Waals surface area contributed by atoms with E-state index in [4.69, 9.17) is 16.3 Å². The lowest BCUT2D eigenvalue weighted by Crippen LogP contribution is -2.38. The molecule has 0 aromatic heterocycles. The molecular formula is C21H24ClNO3. The Bertz CT molecular complexity index is 737. The van der Waals surface area contributed by atoms with E-state index in [1.807, 2.05) is 53.4 Å². The van der Waals surface area contributed by atoms with Crippen molar-refractivity contribution in [1.29, 1.82) is 0 Å². The Morgan fingerprint density at radius 2 is 1.92 bits per heavy atom. The van der Waals surface area contributed by atoms with Crippen molar-refractivity contribution < 1.29 is 14.6 Å². The van der Waals surface area contributed by atoms with Gasteiger partial charge in [0, 0.05) is 18.1 Å². The van der Waals surface area contributed by atoms with Gasteiger partial charge < -0.3 is 14.7 Å². The minimum absolute atomic E-state index is 0.0699. The molecule has 0 radical (unpaired) electrons. The van der Waals surface area contributed by atoms with Crippen molar-refractivity contribution in [3.05, 3.63) is 65.2 Å². The molecule has 0 spiro atoms. The van der Waals surface area contributed by atoms with E-state index in [2.05, 4.69) is 0 Å². The summed E-state index contributed by atoms with van der Waals surface area (Å²) in [5.41, 5.74) is 0.00964. The number of amides is 1. The summed E-state index contributed by atoms with van der Waals surface area (Å²) in [6.07, 6.45) is 2.23. The summed E-state index contributed by atoms with van der Waals surface area (Å²) < 4.78 is 5.74. The Kier molecular flexibility index (Phi) is 6.17. The molecule has 1 amide bonds. The second-order valence-corrected chi connectivity index (χ2v) is 7.30. The maximum atomic E-state index is 12.6. The normalized spacial score (nSPS) is 20.5. The predicted molar refractivity (Wildman–Crippen MR) is 102 cm³/mol. The first-order chi connectivity index (χ1) is 12.5. The average Bonchev–Trinajstić information content (AvgIpc) is 2.83. The second-order valence-electron chi connectivity index (χ2n) is 6.87. The molecule has 1 heterocycles. The molecule has 5 heteroatoms. The van der Waals surface area contributed by atoms with Crippen LogP contribution in [-0.2, 0) is 11.2 Å². The summed E-state index contributed by atoms with van der Waals surface area (Å²) in [7, 11) is 0. The minimum Gasteiger partial charge on any atom is -0.491 e. The number of carbonyl (C=O) groups is 1. The van der Waals surface area contributed by atoms with Crippen LogP contribution in [0.3, 0.4) is 0 Å². The van der Waals surface area contributed by atoms with Gasteiger partial charge in [0.05, 0.1) is 6.42 Å². The van der Waals surface area contributed by atoms with Gasteiger partial charge in [-0.1, -0.05) is 41.9 Å². The number of hydrogen-bond donors (Lipinski definition) is 1. The standard InChI is InChI=1S/C21H24ClNO3/c22-18-7-4-6-17(14-18)15-20(24)23-12-5-10-21(25,11-13-23)16-26-19-8-2-1-3-9-19/h1-4,6-9,14,25H,5,10-13,15-16H2. The van der Waals surface area contributed by atoms with Gasteiger partial charge in [-0.2, -0.15) is 0 Å². The Balaban J connectivity index is 1.54. The molecule has 4 nitrogen and oxygen atoms in total. The molecule has 138 valence electrons. The van der Waals surface area contributed by atoms with Crippen molar-refractivity contribution in [2.45, 2.75) is 31.3 Å². The average molecular weight is 374 g/mol. The topological polar surface area (TPSA) is 49.8 Å². The summed E-state index contributed by atoms with van der Waals surface area (Å²) in [5, 5.41) is 11.5. The van der Waals surface area contributed by atoms with Crippen LogP contribution in [0.4, 0.5) is 0 Å². The van der Waals surface area contributed by atoms with E-state index in [1.165, 1.54) is 0 Å². The first-order valence-electron chi connectivity index (χ1n) is 8.97. The van der Waals surface area contributed by atoms with Gasteiger partial charge in [0.1, 0.15) is 18.0 Å². The quantitative estimate of drug-likeness (QED) is 0.869. The van der Waals surface area contributed by atoms with Crippen LogP contribution in [0.5, 0.6) is 5.75 Å². The zero-order valence-electron chi connectivity index (χ0n) is 14.7. The minimum atomic E-state index is -0.902. The van der Waals surface area contributed by atoms with E-state index in [1.54, 1.807) is 6.07 Å². The summed E-state index contributed by atoms with van der Waals surface area (Å²) in [6, 6.07) is 16.9. The monoisotopic (exact) mass is 373 g/mol. The smallest absolute Gasteiger partial charge is 0.226 e. The highest BCUT2D eigenvalue weighted by Crippen LogP contribution is 2.24. The van der Waals surface area contributed by atoms with Gasteiger partial charge in [-0.3, -0.25) is 4.79 Å². The van der Waals surface area contributed by atoms with Gasteiger partial charge in [0.15, 0.2) is 0 Å². The highest BCUT2D eigenvalue weighted by molar-refractivity contribution is 6.30. The molecule has 3 rings (SSSR count). The highest BCUT2D eigenvalue weighted by Gasteiger charge is 2.32. The highest BCUT2D eigenvalue weighted by atomic mass is 35.5. The van der Waals surface area contributed by atoms with Gasteiger partial charge in [-0.15, -0.1) is 0 Å². The number of hydrogen-bond acceptors (Lipinski definition) is 3. The van der Waals surface area contributed by atoms with Gasteiger partial charge >= 0.3 is 0 Å². The van der Waals surface area contributed by atoms with Crippen molar-refractivity contribution in [2.24, 2.45) is 0 Å². The fourth-order valence-electron chi connectivity index (χ4n) is 3.24. The van der Waals surface area contributed by atoms with Crippen molar-refractivity contribution in [3.63, 3.8) is 0 Å². The van der Waals surface area contributed by atoms with E-state index in [9.17, 15) is 9.90 Å². The third kappa shape index (κ3) is 5.23. The third-order valence-corrected chi connectivity index (χ3v) is 5.00. The number of rotatable bonds is 5. The molecule has 0 bridgehead atoms. The maximum Gasteiger partial charge on any atom is 0.226 e. The molecule has 0 saturated carbocycles. The van der Waals surface area contributed by atoms with Gasteiger partial charge in [-0.25, -0.2) is 0 Å². The molecule has 1 atom stereocenters. The van der Waals surface area contributed by atoms with Crippen molar-refractivity contribution >= 4 is 17.5 Å². The van der Waals surface area contributed by atoms with Crippen LogP contribution in [0, 0.1) is 0 Å². The Morgan fingerprint density at radius 3 is 2.69 bits per heavy atom. The summed E-state index contributed by atoms with van der Waals surface area (Å²) in [5.74, 6) is 0.819. The number of nitrogens with zero attached hydrogens (tertiary/aromatic N) is 1. The lowest BCUT2D eigenvalue weighted by molar-refractivity contribution is -0.130. The van der Waals surface area contributed by atoms with E-state index < -0.39 is 5.60 Å². The van der Waals surface area contributed by atoms with Crippen molar-refractivity contribution in [2.75, 3.05) is 19.7 Å². The van der Waals surface area contributed by atoms with E-state index in [0.29, 0.717) is 37.4 Å². The second kappa shape index (κ2) is 8.56. The maximum absolute atomic E-state index is 12.6. The van der Waals surface area contributed by atoms with Crippen LogP contribution in [0.2, 0.25) is 5.02 Å². The van der Waals surface area contributed by atoms with Gasteiger partial charge in [0.2, 0.25) is 5.91 Å². The number of aliphatic hydroxyl groups is 1. The van der Waals surface area contributed by atoms with Gasteiger partial charge in [-0.05, 0) is 49.1 Å². The molecule has 2 aromatic rings. The predicted octanol–water partition coefficient (Wildman–Crippen LogP) is 3.71. The largest absolute Gasteiger partial charge is 0.491 e. The number of ether oxygens (including phenoxy) is 1. The molecule has 1 fully saturated rings. The molecular weight excluding hydrogens is 350 g/mol. The van der Waals surface area contributed by atoms with E-state index >= 15 is 0 Å². The Labute approximate surface area is 159 Å². The number of halogens is 1. The molecule has 0 aliphatic carbocycles. The fraction of sp³-hybridized carbons (Fsp3) is 0.381. The van der Waals surface area contributed by atoms with Crippen molar-refractivity contribution in [3.8, 4) is 5.75 Å². The Hall–Kier alpha value is -2.04. The summed E-state index contributed by atoms with van der Waals surface area (Å²) >= 11 is 5.99. The Morgan fingerprint density at radius 1 is 1.12 bits per heavy atom. The first-order valence-corrected chi connectivity index (χ1v) is 9.34. The van der Waals surface area contributed by atoms with Crippen LogP contribution in [0.1, 0.15) is 24.8 Å². The SMILES string of the molecule is O=C(Cc1cccc(Cl)c1)N1CCCC(O)(COc2ccccc2)CC1. The zero-order valence-corrected chi connectivity index (χ0v) is 15.5. The zero-order chi connectivity index (χ0) is 18.4. The molecule has 1 saturated heterocycles. The molecule has 1 aliphatic heterocycles. The van der Waals surface area contributed by atoms with E-state index in [0.717, 1.165) is 17.7 Å². The summed E-state index contributed by atoms with van der Waals surface area (Å²) in [6.45, 7) is 1.44. The molecule has 1 N–H and O–H groups in total. The first kappa shape index (κ1) is 18.7.